The van der Waals surface area contributed by atoms with Crippen molar-refractivity contribution in [3.63, 3.8) is 0 Å². The lowest BCUT2D eigenvalue weighted by atomic mass is 9.98. The number of hydrogen-bond donors (Lipinski definition) is 1. The summed E-state index contributed by atoms with van der Waals surface area (Å²) >= 11 is 0. The van der Waals surface area contributed by atoms with Crippen molar-refractivity contribution in [2.45, 2.75) is 24.2 Å². The lowest BCUT2D eigenvalue weighted by molar-refractivity contribution is -0.188. The monoisotopic (exact) mass is 393 g/mol. The summed E-state index contributed by atoms with van der Waals surface area (Å²) in [5, 5.41) is 0.778. The second kappa shape index (κ2) is 6.06. The van der Waals surface area contributed by atoms with Gasteiger partial charge in [-0.25, -0.2) is 9.98 Å². The van der Waals surface area contributed by atoms with E-state index in [9.17, 15) is 39.5 Å². The van der Waals surface area contributed by atoms with Gasteiger partial charge in [-0.15, -0.1) is 0 Å². The summed E-state index contributed by atoms with van der Waals surface area (Å²) < 4.78 is 123. The normalized spacial score (nSPS) is 17.9. The molecule has 1 aromatic carbocycles. The van der Waals surface area contributed by atoms with Gasteiger partial charge in [-0.2, -0.15) is 39.5 Å². The summed E-state index contributed by atoms with van der Waals surface area (Å²) in [6, 6.07) is 3.12. The van der Waals surface area contributed by atoms with Gasteiger partial charge in [-0.05, 0) is 12.1 Å². The second-order valence-electron chi connectivity index (χ2n) is 4.94. The lowest BCUT2D eigenvalue weighted by Gasteiger charge is -2.34. The first-order chi connectivity index (χ1) is 11.7. The molecule has 0 atom stereocenters. The van der Waals surface area contributed by atoms with Gasteiger partial charge in [-0.1, -0.05) is 12.1 Å². The molecule has 0 fully saturated rings. The summed E-state index contributed by atoms with van der Waals surface area (Å²) in [5.74, 6) is -4.90. The predicted octanol–water partition coefficient (Wildman–Crippen LogP) is 3.94. The molecule has 1 heterocycles. The maximum absolute atomic E-state index is 13.6. The first-order valence-electron chi connectivity index (χ1n) is 6.53. The quantitative estimate of drug-likeness (QED) is 0.774. The fraction of sp³-hybridized carbons (Fsp3) is 0.385. The molecule has 0 saturated carbocycles. The van der Waals surface area contributed by atoms with Crippen molar-refractivity contribution < 1.29 is 44.3 Å². The first-order valence-corrected chi connectivity index (χ1v) is 6.53. The van der Waals surface area contributed by atoms with Crippen LogP contribution in [0.2, 0.25) is 0 Å². The van der Waals surface area contributed by atoms with E-state index in [-0.39, 0.29) is 5.75 Å². The number of hydrogen-bond acceptors (Lipinski definition) is 4. The molecule has 0 bridgehead atoms. The van der Waals surface area contributed by atoms with E-state index in [2.05, 4.69) is 9.98 Å². The number of benzene rings is 1. The number of nitrogens with one attached hydrogen (secondary N) is 1. The van der Waals surface area contributed by atoms with Crippen LogP contribution in [0.1, 0.15) is 5.56 Å². The standard InChI is InChI=1S/C13H8F9N3O/c1-26-7-4-2-6(3-5-7)10(13(20,21)22)24-8(11(14,15)16)23-9(25-10)12(17,18)19/h2-5H,1H3,(H,23,24,25). The van der Waals surface area contributed by atoms with Crippen LogP contribution in [0.5, 0.6) is 5.75 Å². The van der Waals surface area contributed by atoms with E-state index in [1.165, 1.54) is 7.11 Å². The van der Waals surface area contributed by atoms with Crippen LogP contribution in [0.15, 0.2) is 34.3 Å². The number of nitrogens with zero attached hydrogens (tertiary/aromatic N) is 2. The number of aliphatic imine (C=N–C) groups is 2. The first kappa shape index (κ1) is 19.8. The molecule has 0 radical (unpaired) electrons. The SMILES string of the molecule is COc1ccc(C2(C(F)(F)F)N=C(C(F)(F)F)NC(C(F)(F)F)=N2)cc1. The van der Waals surface area contributed by atoms with Crippen molar-refractivity contribution in [1.82, 2.24) is 5.32 Å². The van der Waals surface area contributed by atoms with Gasteiger partial charge in [-0.3, -0.25) is 0 Å². The Hall–Kier alpha value is -2.47. The molecule has 0 amide bonds. The zero-order valence-corrected chi connectivity index (χ0v) is 12.5. The molecule has 0 spiro atoms. The van der Waals surface area contributed by atoms with Gasteiger partial charge in [0.1, 0.15) is 5.75 Å². The molecule has 1 N–H and O–H groups in total. The maximum Gasteiger partial charge on any atom is 0.449 e. The third-order valence-corrected chi connectivity index (χ3v) is 3.21. The molecular weight excluding hydrogens is 385 g/mol. The molecular formula is C13H8F9N3O. The van der Waals surface area contributed by atoms with Crippen LogP contribution in [-0.4, -0.2) is 37.3 Å². The average molecular weight is 393 g/mol. The molecule has 1 aliphatic rings. The van der Waals surface area contributed by atoms with Crippen molar-refractivity contribution in [3.05, 3.63) is 29.8 Å². The molecule has 0 saturated heterocycles. The van der Waals surface area contributed by atoms with Crippen LogP contribution in [0, 0.1) is 0 Å². The summed E-state index contributed by atoms with van der Waals surface area (Å²) in [6.07, 6.45) is -16.9. The number of alkyl halides is 9. The van der Waals surface area contributed by atoms with Gasteiger partial charge in [0.05, 0.1) is 7.11 Å². The minimum atomic E-state index is -5.70. The zero-order chi connectivity index (χ0) is 20.0. The highest BCUT2D eigenvalue weighted by atomic mass is 19.4. The van der Waals surface area contributed by atoms with E-state index in [4.69, 9.17) is 4.74 Å². The van der Waals surface area contributed by atoms with E-state index in [0.29, 0.717) is 12.1 Å². The molecule has 1 aliphatic heterocycles. The Balaban J connectivity index is 2.79. The minimum absolute atomic E-state index is 0.0278. The summed E-state index contributed by atoms with van der Waals surface area (Å²) in [6.45, 7) is 0. The van der Waals surface area contributed by atoms with Gasteiger partial charge in [0.2, 0.25) is 11.7 Å². The largest absolute Gasteiger partial charge is 0.497 e. The number of halogens is 9. The number of rotatable bonds is 2. The highest BCUT2D eigenvalue weighted by molar-refractivity contribution is 6.07. The van der Waals surface area contributed by atoms with Crippen molar-refractivity contribution >= 4 is 11.7 Å². The Morgan fingerprint density at radius 3 is 1.54 bits per heavy atom. The Morgan fingerprint density at radius 2 is 1.23 bits per heavy atom. The Bertz CT molecular complexity index is 699. The molecule has 4 nitrogen and oxygen atoms in total. The fourth-order valence-electron chi connectivity index (χ4n) is 2.03. The molecule has 1 aromatic rings. The van der Waals surface area contributed by atoms with Gasteiger partial charge >= 0.3 is 18.5 Å². The molecule has 26 heavy (non-hydrogen) atoms. The van der Waals surface area contributed by atoms with E-state index in [1.54, 1.807) is 0 Å². The van der Waals surface area contributed by atoms with Crippen molar-refractivity contribution in [2.24, 2.45) is 9.98 Å². The van der Waals surface area contributed by atoms with E-state index < -0.39 is 41.4 Å². The average Bonchev–Trinajstić information content (AvgIpc) is 2.51. The molecule has 0 aromatic heterocycles. The van der Waals surface area contributed by atoms with E-state index in [0.717, 1.165) is 17.4 Å². The lowest BCUT2D eigenvalue weighted by Crippen LogP contribution is -2.55. The highest BCUT2D eigenvalue weighted by Crippen LogP contribution is 2.47. The Kier molecular flexibility index (Phi) is 4.62. The van der Waals surface area contributed by atoms with Crippen LogP contribution in [-0.2, 0) is 5.66 Å². The number of ether oxygens (including phenoxy) is 1. The molecule has 13 heteroatoms. The van der Waals surface area contributed by atoms with Gasteiger partial charge in [0.15, 0.2) is 0 Å². The van der Waals surface area contributed by atoms with Crippen LogP contribution in [0.4, 0.5) is 39.5 Å². The van der Waals surface area contributed by atoms with E-state index in [1.807, 2.05) is 0 Å². The van der Waals surface area contributed by atoms with Crippen LogP contribution < -0.4 is 10.1 Å². The molecule has 0 unspecified atom stereocenters. The second-order valence-corrected chi connectivity index (χ2v) is 4.94. The van der Waals surface area contributed by atoms with Crippen LogP contribution in [0.3, 0.4) is 0 Å². The molecule has 2 rings (SSSR count). The van der Waals surface area contributed by atoms with Crippen molar-refractivity contribution in [1.29, 1.82) is 0 Å². The Labute approximate surface area is 139 Å². The number of amidine groups is 2. The third kappa shape index (κ3) is 3.55. The topological polar surface area (TPSA) is 46.0 Å². The van der Waals surface area contributed by atoms with Crippen molar-refractivity contribution in [3.8, 4) is 5.75 Å². The van der Waals surface area contributed by atoms with Crippen molar-refractivity contribution in [2.75, 3.05) is 7.11 Å². The maximum atomic E-state index is 13.6. The highest BCUT2D eigenvalue weighted by Gasteiger charge is 2.62. The molecule has 0 aliphatic carbocycles. The number of methoxy groups -OCH3 is 1. The minimum Gasteiger partial charge on any atom is -0.497 e. The van der Waals surface area contributed by atoms with Crippen LogP contribution in [0.25, 0.3) is 0 Å². The summed E-state index contributed by atoms with van der Waals surface area (Å²) in [7, 11) is 1.17. The smallest absolute Gasteiger partial charge is 0.449 e. The van der Waals surface area contributed by atoms with E-state index >= 15 is 0 Å². The van der Waals surface area contributed by atoms with Gasteiger partial charge in [0.25, 0.3) is 5.66 Å². The van der Waals surface area contributed by atoms with Gasteiger partial charge in [0, 0.05) is 5.56 Å². The molecule has 144 valence electrons. The Morgan fingerprint density at radius 1 is 0.808 bits per heavy atom. The summed E-state index contributed by atoms with van der Waals surface area (Å²) in [5.41, 5.74) is -5.17. The van der Waals surface area contributed by atoms with Gasteiger partial charge < -0.3 is 10.1 Å². The van der Waals surface area contributed by atoms with Crippen LogP contribution >= 0.6 is 0 Å². The third-order valence-electron chi connectivity index (χ3n) is 3.21. The predicted molar refractivity (Wildman–Crippen MR) is 70.8 cm³/mol. The summed E-state index contributed by atoms with van der Waals surface area (Å²) in [4.78, 5) is 4.95. The fourth-order valence-corrected chi connectivity index (χ4v) is 2.03. The zero-order valence-electron chi connectivity index (χ0n) is 12.5.